The van der Waals surface area contributed by atoms with Crippen LogP contribution in [0.4, 0.5) is 0 Å². The van der Waals surface area contributed by atoms with Gasteiger partial charge in [-0.25, -0.2) is 0 Å². The zero-order chi connectivity index (χ0) is 2.71. The van der Waals surface area contributed by atoms with Crippen molar-refractivity contribution in [2.75, 3.05) is 0 Å². The molecular weight excluding hydrogens is 153 g/mol. The van der Waals surface area contributed by atoms with Gasteiger partial charge in [0, 0.05) is 17.1 Å². The quantitative estimate of drug-likeness (QED) is 0.424. The molecule has 0 aliphatic rings. The van der Waals surface area contributed by atoms with Crippen molar-refractivity contribution in [1.29, 1.82) is 0 Å². The van der Waals surface area contributed by atoms with Crippen molar-refractivity contribution in [2.24, 2.45) is 0 Å². The Morgan fingerprint density at radius 2 is 1.20 bits per heavy atom. The first kappa shape index (κ1) is 16.3. The zero-order valence-corrected chi connectivity index (χ0v) is 3.75. The van der Waals surface area contributed by atoms with Crippen molar-refractivity contribution in [2.45, 2.75) is 0 Å². The van der Waals surface area contributed by atoms with Gasteiger partial charge in [0.05, 0.1) is 0 Å². The molecule has 2 nitrogen and oxygen atoms in total. The Labute approximate surface area is 58.1 Å². The molecule has 0 aliphatic heterocycles. The predicted molar refractivity (Wildman–Crippen MR) is 8.52 cm³/mol. The van der Waals surface area contributed by atoms with Crippen molar-refractivity contribution in [1.82, 2.24) is 0 Å². The molecule has 0 saturated heterocycles. The molecule has 5 heavy (non-hydrogen) atoms. The molecule has 30 valence electrons. The first-order chi connectivity index (χ1) is 1.41. The van der Waals surface area contributed by atoms with Gasteiger partial charge in [-0.15, -0.1) is 0 Å². The van der Waals surface area contributed by atoms with Gasteiger partial charge in [-0.3, -0.25) is 0 Å². The third-order valence-electron chi connectivity index (χ3n) is 0. The van der Waals surface area contributed by atoms with E-state index in [1.54, 1.807) is 0 Å². The van der Waals surface area contributed by atoms with Crippen LogP contribution in [0, 0.1) is 0 Å². The molecule has 5 heteroatoms. The minimum atomic E-state index is -1.06. The second-order valence-electron chi connectivity index (χ2n) is 0.0556. The zero-order valence-electron chi connectivity index (χ0n) is 1.53. The third kappa shape index (κ3) is 36.3. The third-order valence-corrected chi connectivity index (χ3v) is 0. The van der Waals surface area contributed by atoms with Crippen LogP contribution in [0.1, 0.15) is 0 Å². The standard InChI is InChI=1S/Co.Li.Mn.2O.H. The van der Waals surface area contributed by atoms with Gasteiger partial charge in [0.15, 0.2) is 0 Å². The summed E-state index contributed by atoms with van der Waals surface area (Å²) < 4.78 is 16.7. The van der Waals surface area contributed by atoms with Crippen molar-refractivity contribution < 1.29 is 39.4 Å². The molecule has 0 aliphatic carbocycles. The molecule has 0 unspecified atom stereocenters. The Bertz CT molecular complexity index is 30.6. The number of hydrogen-bond donors (Lipinski definition) is 0. The summed E-state index contributed by atoms with van der Waals surface area (Å²) in [6, 6.07) is 0. The van der Waals surface area contributed by atoms with Crippen molar-refractivity contribution in [3.05, 3.63) is 0 Å². The molecule has 0 saturated carbocycles. The fraction of sp³-hybridized carbons (Fsp3) is 0. The minimum absolute atomic E-state index is 0. The summed E-state index contributed by atoms with van der Waals surface area (Å²) in [5.41, 5.74) is 0. The monoisotopic (exact) mass is 154 g/mol. The van der Waals surface area contributed by atoms with Crippen molar-refractivity contribution >= 4 is 18.9 Å². The maximum absolute atomic E-state index is 8.34. The van der Waals surface area contributed by atoms with Crippen LogP contribution in [-0.2, 0) is 39.4 Å². The van der Waals surface area contributed by atoms with Crippen LogP contribution in [0.2, 0.25) is 0 Å². The Balaban J connectivity index is -0.0000000200. The Morgan fingerprint density at radius 3 is 1.20 bits per heavy atom. The van der Waals surface area contributed by atoms with E-state index < -0.39 is 14.6 Å². The molecule has 0 amide bonds. The summed E-state index contributed by atoms with van der Waals surface area (Å²) in [5.74, 6) is 0. The Hall–Kier alpha value is 1.22. The van der Waals surface area contributed by atoms with E-state index in [2.05, 4.69) is 0 Å². The molecular formula is HCoLiMnO2. The molecule has 0 spiro atoms. The molecule has 0 fully saturated rings. The molecule has 0 aromatic carbocycles. The molecule has 1 radical (unpaired) electrons. The van der Waals surface area contributed by atoms with E-state index in [9.17, 15) is 0 Å². The first-order valence-corrected chi connectivity index (χ1v) is 1.12. The molecule has 0 rings (SSSR count). The fourth-order valence-electron chi connectivity index (χ4n) is 0. The van der Waals surface area contributed by atoms with Gasteiger partial charge in [-0.05, 0) is 0 Å². The summed E-state index contributed by atoms with van der Waals surface area (Å²) in [7, 11) is 0. The second-order valence-corrected chi connectivity index (χ2v) is 0.229. The van der Waals surface area contributed by atoms with E-state index in [1.165, 1.54) is 0 Å². The molecule has 0 heterocycles. The van der Waals surface area contributed by atoms with E-state index in [0.717, 1.165) is 0 Å². The van der Waals surface area contributed by atoms with Crippen LogP contribution in [0.3, 0.4) is 0 Å². The van der Waals surface area contributed by atoms with E-state index >= 15 is 0 Å². The molecule has 0 bridgehead atoms. The summed E-state index contributed by atoms with van der Waals surface area (Å²) >= 11 is -1.06. The average Bonchev–Trinajstić information content (AvgIpc) is 0.918. The van der Waals surface area contributed by atoms with Crippen LogP contribution < -0.4 is 0 Å². The molecule has 0 atom stereocenters. The number of hydrogen-bond acceptors (Lipinski definition) is 2. The Morgan fingerprint density at radius 1 is 1.20 bits per heavy atom. The molecule has 0 aromatic heterocycles. The first-order valence-electron chi connectivity index (χ1n) is 0.272. The topological polar surface area (TPSA) is 34.1 Å². The van der Waals surface area contributed by atoms with E-state index in [0.29, 0.717) is 0 Å². The summed E-state index contributed by atoms with van der Waals surface area (Å²) in [6.07, 6.45) is 0. The van der Waals surface area contributed by atoms with Gasteiger partial charge >= 0.3 is 41.1 Å². The van der Waals surface area contributed by atoms with Gasteiger partial charge < -0.3 is 0 Å². The van der Waals surface area contributed by atoms with Gasteiger partial charge in [0.25, 0.3) is 0 Å². The van der Waals surface area contributed by atoms with Crippen molar-refractivity contribution in [3.63, 3.8) is 0 Å². The van der Waals surface area contributed by atoms with Crippen LogP contribution in [0.15, 0.2) is 0 Å². The second kappa shape index (κ2) is 18.8. The van der Waals surface area contributed by atoms with E-state index in [4.69, 9.17) is 7.73 Å². The summed E-state index contributed by atoms with van der Waals surface area (Å²) in [4.78, 5) is 0. The van der Waals surface area contributed by atoms with E-state index in [1.807, 2.05) is 0 Å². The van der Waals surface area contributed by atoms with E-state index in [-0.39, 0.29) is 35.9 Å². The van der Waals surface area contributed by atoms with Gasteiger partial charge in [-0.2, -0.15) is 0 Å². The Kier molecular flexibility index (Phi) is 61.6. The van der Waals surface area contributed by atoms with Gasteiger partial charge in [-0.1, -0.05) is 0 Å². The maximum atomic E-state index is 8.34. The van der Waals surface area contributed by atoms with Crippen LogP contribution >= 0.6 is 0 Å². The summed E-state index contributed by atoms with van der Waals surface area (Å²) in [6.45, 7) is 0. The van der Waals surface area contributed by atoms with Gasteiger partial charge in [0.1, 0.15) is 0 Å². The molecule has 0 aromatic rings. The predicted octanol–water partition coefficient (Wildman–Crippen LogP) is -0.891. The SMILES string of the molecule is [LiH].[Mn].[O]=[Co]=[O]. The average molecular weight is 154 g/mol. The number of rotatable bonds is 0. The van der Waals surface area contributed by atoms with Crippen LogP contribution in [0.5, 0.6) is 0 Å². The van der Waals surface area contributed by atoms with Crippen LogP contribution in [-0.4, -0.2) is 18.9 Å². The molecule has 0 N–H and O–H groups in total. The van der Waals surface area contributed by atoms with Crippen molar-refractivity contribution in [3.8, 4) is 0 Å². The normalized spacial score (nSPS) is 3.20. The van der Waals surface area contributed by atoms with Gasteiger partial charge in [0.2, 0.25) is 0 Å². The fourth-order valence-corrected chi connectivity index (χ4v) is 0. The van der Waals surface area contributed by atoms with Crippen LogP contribution in [0.25, 0.3) is 0 Å². The summed E-state index contributed by atoms with van der Waals surface area (Å²) in [5, 5.41) is 0.